The molecule has 5 rings (SSSR count). The van der Waals surface area contributed by atoms with Gasteiger partial charge in [-0.15, -0.1) is 0 Å². The van der Waals surface area contributed by atoms with E-state index in [-0.39, 0.29) is 30.4 Å². The fraction of sp³-hybridized carbons (Fsp3) is 0.500. The van der Waals surface area contributed by atoms with Gasteiger partial charge in [0.15, 0.2) is 11.6 Å². The molecule has 214 valence electrons. The van der Waals surface area contributed by atoms with E-state index in [1.165, 1.54) is 26.4 Å². The van der Waals surface area contributed by atoms with Crippen molar-refractivity contribution >= 4 is 28.8 Å². The van der Waals surface area contributed by atoms with Crippen LogP contribution in [0.5, 0.6) is 5.75 Å². The number of aromatic nitrogens is 2. The highest BCUT2D eigenvalue weighted by Crippen LogP contribution is 2.40. The second-order valence-corrected chi connectivity index (χ2v) is 10.7. The van der Waals surface area contributed by atoms with Crippen LogP contribution >= 0.6 is 0 Å². The molecule has 0 radical (unpaired) electrons. The summed E-state index contributed by atoms with van der Waals surface area (Å²) < 4.78 is 32.4. The summed E-state index contributed by atoms with van der Waals surface area (Å²) in [6, 6.07) is 8.29. The van der Waals surface area contributed by atoms with E-state index in [4.69, 9.17) is 19.2 Å². The molecule has 9 nitrogen and oxygen atoms in total. The van der Waals surface area contributed by atoms with Crippen LogP contribution in [0.25, 0.3) is 11.0 Å². The number of carboxylic acid groups (broad SMARTS) is 1. The molecule has 2 aromatic carbocycles. The first-order valence-electron chi connectivity index (χ1n) is 13.8. The number of benzene rings is 2. The maximum absolute atomic E-state index is 14.6. The van der Waals surface area contributed by atoms with Crippen molar-refractivity contribution in [1.82, 2.24) is 9.55 Å². The summed E-state index contributed by atoms with van der Waals surface area (Å²) in [5, 5.41) is 10.2. The number of anilines is 1. The first-order valence-corrected chi connectivity index (χ1v) is 13.8. The summed E-state index contributed by atoms with van der Waals surface area (Å²) in [7, 11) is 4.48. The van der Waals surface area contributed by atoms with Gasteiger partial charge in [0, 0.05) is 31.2 Å². The van der Waals surface area contributed by atoms with Crippen LogP contribution in [0.4, 0.5) is 14.9 Å². The van der Waals surface area contributed by atoms with Gasteiger partial charge in [0.2, 0.25) is 0 Å². The second-order valence-electron chi connectivity index (χ2n) is 10.7. The molecule has 1 aliphatic heterocycles. The Morgan fingerprint density at radius 1 is 1.10 bits per heavy atom. The van der Waals surface area contributed by atoms with Gasteiger partial charge in [-0.1, -0.05) is 6.07 Å². The third-order valence-electron chi connectivity index (χ3n) is 8.50. The zero-order valence-corrected chi connectivity index (χ0v) is 23.4. The number of ether oxygens (including phenoxy) is 3. The first kappa shape index (κ1) is 27.9. The van der Waals surface area contributed by atoms with Crippen LogP contribution in [-0.2, 0) is 27.1 Å². The number of rotatable bonds is 7. The minimum atomic E-state index is -1.06. The lowest BCUT2D eigenvalue weighted by atomic mass is 9.91. The van der Waals surface area contributed by atoms with Crippen molar-refractivity contribution in [2.24, 2.45) is 0 Å². The highest BCUT2D eigenvalue weighted by Gasteiger charge is 2.34. The van der Waals surface area contributed by atoms with E-state index in [1.807, 2.05) is 19.1 Å². The Morgan fingerprint density at radius 3 is 2.48 bits per heavy atom. The molecule has 0 saturated heterocycles. The van der Waals surface area contributed by atoms with Gasteiger partial charge in [-0.25, -0.2) is 14.2 Å². The topological polar surface area (TPSA) is 103 Å². The molecule has 1 saturated carbocycles. The molecule has 40 heavy (non-hydrogen) atoms. The van der Waals surface area contributed by atoms with Gasteiger partial charge in [0.05, 0.1) is 43.0 Å². The average Bonchev–Trinajstić information content (AvgIpc) is 3.33. The monoisotopic (exact) mass is 553 g/mol. The quantitative estimate of drug-likeness (QED) is 0.404. The molecule has 0 spiro atoms. The largest absolute Gasteiger partial charge is 0.494 e. The maximum atomic E-state index is 14.6. The van der Waals surface area contributed by atoms with E-state index in [9.17, 15) is 19.1 Å². The minimum absolute atomic E-state index is 0.0235. The van der Waals surface area contributed by atoms with E-state index >= 15 is 0 Å². The number of aliphatic carboxylic acids is 1. The zero-order chi connectivity index (χ0) is 28.6. The second kappa shape index (κ2) is 11.4. The Balaban J connectivity index is 1.63. The Morgan fingerprint density at radius 2 is 1.85 bits per heavy atom. The van der Waals surface area contributed by atoms with Crippen LogP contribution in [0.15, 0.2) is 30.3 Å². The molecule has 2 heterocycles. The SMILES string of the molecule is COC(=O)N1c2ccc3c(nc(CC(C(=O)O)c4ccc(OC)c(F)c4)n3[C@H]3CC[C@H](OC)CC3)c2CC[C@@H]1C. The number of halogens is 1. The lowest BCUT2D eigenvalue weighted by Crippen LogP contribution is -2.42. The Bertz CT molecular complexity index is 1410. The number of hydrogen-bond acceptors (Lipinski definition) is 6. The van der Waals surface area contributed by atoms with E-state index in [0.717, 1.165) is 60.8 Å². The van der Waals surface area contributed by atoms with E-state index in [2.05, 4.69) is 4.57 Å². The predicted octanol–water partition coefficient (Wildman–Crippen LogP) is 5.63. The van der Waals surface area contributed by atoms with Crippen LogP contribution < -0.4 is 9.64 Å². The number of methoxy groups -OCH3 is 3. The number of carbonyl (C=O) groups is 2. The van der Waals surface area contributed by atoms with Crippen LogP contribution in [0, 0.1) is 5.82 Å². The number of imidazole rings is 1. The van der Waals surface area contributed by atoms with Crippen molar-refractivity contribution < 1.29 is 33.3 Å². The van der Waals surface area contributed by atoms with Crippen LogP contribution in [0.2, 0.25) is 0 Å². The molecule has 2 atom stereocenters. The van der Waals surface area contributed by atoms with Gasteiger partial charge in [0.1, 0.15) is 5.82 Å². The van der Waals surface area contributed by atoms with Gasteiger partial charge in [-0.05, 0) is 75.3 Å². The Kier molecular flexibility index (Phi) is 7.98. The summed E-state index contributed by atoms with van der Waals surface area (Å²) in [6.07, 6.45) is 4.89. The molecule has 2 aliphatic rings. The molecule has 1 unspecified atom stereocenters. The molecule has 1 amide bonds. The minimum Gasteiger partial charge on any atom is -0.494 e. The lowest BCUT2D eigenvalue weighted by Gasteiger charge is -2.34. The van der Waals surface area contributed by atoms with E-state index in [0.29, 0.717) is 11.4 Å². The average molecular weight is 554 g/mol. The first-order chi connectivity index (χ1) is 19.3. The van der Waals surface area contributed by atoms with Crippen LogP contribution in [-0.4, -0.2) is 60.2 Å². The zero-order valence-electron chi connectivity index (χ0n) is 23.4. The number of fused-ring (bicyclic) bond motifs is 3. The highest BCUT2D eigenvalue weighted by molar-refractivity contribution is 5.95. The van der Waals surface area contributed by atoms with Gasteiger partial charge in [-0.3, -0.25) is 9.69 Å². The molecule has 1 aliphatic carbocycles. The van der Waals surface area contributed by atoms with Crippen molar-refractivity contribution in [1.29, 1.82) is 0 Å². The van der Waals surface area contributed by atoms with E-state index in [1.54, 1.807) is 18.1 Å². The summed E-state index contributed by atoms with van der Waals surface area (Å²) in [6.45, 7) is 1.99. The van der Waals surface area contributed by atoms with Gasteiger partial charge >= 0.3 is 12.1 Å². The molecule has 0 bridgehead atoms. The van der Waals surface area contributed by atoms with Crippen molar-refractivity contribution in [2.75, 3.05) is 26.2 Å². The van der Waals surface area contributed by atoms with E-state index < -0.39 is 23.8 Å². The third kappa shape index (κ3) is 5.00. The molecule has 1 fully saturated rings. The van der Waals surface area contributed by atoms with Crippen molar-refractivity contribution in [2.45, 2.75) is 76.0 Å². The highest BCUT2D eigenvalue weighted by atomic mass is 19.1. The van der Waals surface area contributed by atoms with Crippen LogP contribution in [0.1, 0.15) is 67.9 Å². The number of carboxylic acids is 1. The van der Waals surface area contributed by atoms with Gasteiger partial charge in [0.25, 0.3) is 0 Å². The number of hydrogen-bond donors (Lipinski definition) is 1. The molecular formula is C30H36FN3O6. The molecule has 1 N–H and O–H groups in total. The number of amides is 1. The number of nitrogens with zero attached hydrogens (tertiary/aromatic N) is 3. The predicted molar refractivity (Wildman–Crippen MR) is 148 cm³/mol. The summed E-state index contributed by atoms with van der Waals surface area (Å²) in [5.74, 6) is -1.97. The number of carbonyl (C=O) groups excluding carboxylic acids is 1. The van der Waals surface area contributed by atoms with Gasteiger partial charge in [-0.2, -0.15) is 0 Å². The lowest BCUT2D eigenvalue weighted by molar-refractivity contribution is -0.138. The summed E-state index contributed by atoms with van der Waals surface area (Å²) >= 11 is 0. The standard InChI is InChI=1S/C30H36FN3O6/c1-17-5-11-21-24(33(17)30(37)40-4)12-13-25-28(21)32-27(34(25)19-7-9-20(38-2)10-8-19)16-22(29(35)36)18-6-14-26(39-3)23(31)15-18/h6,12-15,17,19-20,22H,5,7-11,16H2,1-4H3,(H,35,36)/t17-,19-,20-,22?/m0/s1. The molecule has 3 aromatic rings. The smallest absolute Gasteiger partial charge is 0.414 e. The number of aryl methyl sites for hydroxylation is 1. The molecule has 10 heteroatoms. The third-order valence-corrected chi connectivity index (χ3v) is 8.50. The maximum Gasteiger partial charge on any atom is 0.414 e. The van der Waals surface area contributed by atoms with Crippen molar-refractivity contribution in [3.63, 3.8) is 0 Å². The Hall–Kier alpha value is -3.66. The van der Waals surface area contributed by atoms with Crippen molar-refractivity contribution in [3.8, 4) is 5.75 Å². The van der Waals surface area contributed by atoms with Crippen LogP contribution in [0.3, 0.4) is 0 Å². The molecular weight excluding hydrogens is 517 g/mol. The summed E-state index contributed by atoms with van der Waals surface area (Å²) in [4.78, 5) is 31.9. The van der Waals surface area contributed by atoms with Gasteiger partial charge < -0.3 is 23.9 Å². The fourth-order valence-corrected chi connectivity index (χ4v) is 6.34. The Labute approximate surface area is 232 Å². The molecule has 1 aromatic heterocycles. The normalized spacial score (nSPS) is 21.6. The van der Waals surface area contributed by atoms with Crippen molar-refractivity contribution in [3.05, 3.63) is 53.1 Å². The fourth-order valence-electron chi connectivity index (χ4n) is 6.34. The summed E-state index contributed by atoms with van der Waals surface area (Å²) in [5.41, 5.74) is 3.75.